The molecular formula is C28H30Cl2N2O8. The molecule has 2 aliphatic rings. The molecule has 0 saturated carbocycles. The Morgan fingerprint density at radius 1 is 1.20 bits per heavy atom. The van der Waals surface area contributed by atoms with Gasteiger partial charge in [-0.15, -0.1) is 0 Å². The summed E-state index contributed by atoms with van der Waals surface area (Å²) in [6.07, 6.45) is -0.103. The molecule has 4 unspecified atom stereocenters. The third-order valence-corrected chi connectivity index (χ3v) is 7.60. The molecule has 0 saturated heterocycles. The number of aliphatic hydroxyl groups excluding tert-OH is 2. The number of methoxy groups -OCH3 is 1. The molecule has 2 amide bonds. The number of ether oxygens (including phenoxy) is 3. The normalized spacial score (nSPS) is 21.0. The molecule has 0 spiro atoms. The van der Waals surface area contributed by atoms with Crippen LogP contribution in [0, 0.1) is 0 Å². The van der Waals surface area contributed by atoms with Gasteiger partial charge >= 0.3 is 0 Å². The molecule has 0 fully saturated rings. The zero-order valence-corrected chi connectivity index (χ0v) is 23.4. The summed E-state index contributed by atoms with van der Waals surface area (Å²) in [7, 11) is 1.42. The second kappa shape index (κ2) is 13.0. The summed E-state index contributed by atoms with van der Waals surface area (Å²) >= 11 is 12.3. The predicted octanol–water partition coefficient (Wildman–Crippen LogP) is 2.50. The highest BCUT2D eigenvalue weighted by Crippen LogP contribution is 2.51. The maximum absolute atomic E-state index is 13.4. The number of fused-ring (bicyclic) bond motifs is 3. The maximum atomic E-state index is 13.4. The van der Waals surface area contributed by atoms with Crippen LogP contribution >= 0.6 is 23.2 Å². The standard InChI is InChI=1S/C28H30Cl2N2O8/c1-3-39-14-23(35)32(12-15-4-5-19(29)20(30)9-15)21-11-18(28(37)31-6-7-33)24-17-8-16(13-34)10-22(38-2)26(17)40-27(24)25(21)36/h4-5,8-11,13,21,24-25,27,33,36H,3,6-7,12,14H2,1-2H3,(H,31,37). The Labute approximate surface area is 241 Å². The molecular weight excluding hydrogens is 563 g/mol. The molecule has 4 atom stereocenters. The lowest BCUT2D eigenvalue weighted by atomic mass is 9.77. The first kappa shape index (κ1) is 29.8. The zero-order valence-electron chi connectivity index (χ0n) is 21.9. The molecule has 12 heteroatoms. The lowest BCUT2D eigenvalue weighted by molar-refractivity contribution is -0.142. The van der Waals surface area contributed by atoms with Crippen LogP contribution < -0.4 is 14.8 Å². The number of benzene rings is 2. The predicted molar refractivity (Wildman–Crippen MR) is 147 cm³/mol. The van der Waals surface area contributed by atoms with Gasteiger partial charge in [-0.2, -0.15) is 0 Å². The van der Waals surface area contributed by atoms with Crippen molar-refractivity contribution in [2.45, 2.75) is 37.6 Å². The Balaban J connectivity index is 1.82. The fraction of sp³-hybridized carbons (Fsp3) is 0.393. The summed E-state index contributed by atoms with van der Waals surface area (Å²) < 4.78 is 17.0. The molecule has 2 aromatic carbocycles. The lowest BCUT2D eigenvalue weighted by Gasteiger charge is -2.40. The smallest absolute Gasteiger partial charge is 0.249 e. The van der Waals surface area contributed by atoms with Crippen LogP contribution in [-0.2, 0) is 20.9 Å². The fourth-order valence-electron chi connectivity index (χ4n) is 5.03. The van der Waals surface area contributed by atoms with Gasteiger partial charge in [-0.25, -0.2) is 0 Å². The summed E-state index contributed by atoms with van der Waals surface area (Å²) in [6, 6.07) is 7.02. The fourth-order valence-corrected chi connectivity index (χ4v) is 5.35. The van der Waals surface area contributed by atoms with Gasteiger partial charge in [0, 0.05) is 36.4 Å². The average Bonchev–Trinajstić information content (AvgIpc) is 3.35. The first-order valence-electron chi connectivity index (χ1n) is 12.7. The van der Waals surface area contributed by atoms with Crippen molar-refractivity contribution in [3.63, 3.8) is 0 Å². The van der Waals surface area contributed by atoms with Crippen LogP contribution in [0.5, 0.6) is 11.5 Å². The molecule has 10 nitrogen and oxygen atoms in total. The van der Waals surface area contributed by atoms with E-state index in [1.807, 2.05) is 0 Å². The van der Waals surface area contributed by atoms with Gasteiger partial charge in [-0.1, -0.05) is 29.3 Å². The number of carbonyl (C=O) groups is 3. The van der Waals surface area contributed by atoms with E-state index < -0.39 is 36.0 Å². The summed E-state index contributed by atoms with van der Waals surface area (Å²) in [5.74, 6) is -1.16. The average molecular weight is 593 g/mol. The Hall–Kier alpha value is -3.15. The van der Waals surface area contributed by atoms with Crippen LogP contribution in [0.4, 0.5) is 0 Å². The number of nitrogens with zero attached hydrogens (tertiary/aromatic N) is 1. The van der Waals surface area contributed by atoms with E-state index >= 15 is 0 Å². The highest BCUT2D eigenvalue weighted by atomic mass is 35.5. The Kier molecular flexibility index (Phi) is 9.70. The number of hydrogen-bond donors (Lipinski definition) is 3. The van der Waals surface area contributed by atoms with Crippen LogP contribution in [0.1, 0.15) is 34.3 Å². The van der Waals surface area contributed by atoms with Crippen LogP contribution in [0.2, 0.25) is 10.0 Å². The minimum absolute atomic E-state index is 0.0115. The second-order valence-electron chi connectivity index (χ2n) is 9.31. The number of aliphatic hydroxyl groups is 2. The highest BCUT2D eigenvalue weighted by molar-refractivity contribution is 6.42. The SMILES string of the molecule is CCOCC(=O)N(Cc1ccc(Cl)c(Cl)c1)C1C=C(C(=O)NCCO)C2c3cc(C=O)cc(OC)c3OC2C1O. The van der Waals surface area contributed by atoms with Crippen molar-refractivity contribution >= 4 is 41.3 Å². The molecule has 2 aromatic rings. The molecule has 1 aliphatic heterocycles. The Morgan fingerprint density at radius 3 is 2.62 bits per heavy atom. The van der Waals surface area contributed by atoms with Crippen molar-refractivity contribution < 1.29 is 38.8 Å². The molecule has 214 valence electrons. The van der Waals surface area contributed by atoms with E-state index in [-0.39, 0.29) is 37.6 Å². The van der Waals surface area contributed by atoms with Crippen molar-refractivity contribution in [1.29, 1.82) is 0 Å². The summed E-state index contributed by atoms with van der Waals surface area (Å²) in [5.41, 5.74) is 1.65. The molecule has 3 N–H and O–H groups in total. The number of carbonyl (C=O) groups excluding carboxylic acids is 3. The number of nitrogens with one attached hydrogen (secondary N) is 1. The van der Waals surface area contributed by atoms with E-state index in [9.17, 15) is 24.6 Å². The van der Waals surface area contributed by atoms with Crippen molar-refractivity contribution in [2.75, 3.05) is 33.5 Å². The highest BCUT2D eigenvalue weighted by Gasteiger charge is 2.51. The van der Waals surface area contributed by atoms with Crippen molar-refractivity contribution in [2.24, 2.45) is 0 Å². The van der Waals surface area contributed by atoms with E-state index in [1.165, 1.54) is 24.2 Å². The second-order valence-corrected chi connectivity index (χ2v) is 10.1. The summed E-state index contributed by atoms with van der Waals surface area (Å²) in [5, 5.41) is 24.3. The third kappa shape index (κ3) is 5.96. The van der Waals surface area contributed by atoms with Gasteiger partial charge in [0.25, 0.3) is 0 Å². The number of hydrogen-bond acceptors (Lipinski definition) is 8. The van der Waals surface area contributed by atoms with Crippen LogP contribution in [0.25, 0.3) is 0 Å². The van der Waals surface area contributed by atoms with Gasteiger partial charge < -0.3 is 34.6 Å². The van der Waals surface area contributed by atoms with Crippen molar-refractivity contribution in [1.82, 2.24) is 10.2 Å². The van der Waals surface area contributed by atoms with Crippen LogP contribution in [0.15, 0.2) is 42.0 Å². The Bertz CT molecular complexity index is 1320. The number of rotatable bonds is 11. The molecule has 1 aliphatic carbocycles. The molecule has 0 aromatic heterocycles. The van der Waals surface area contributed by atoms with E-state index in [0.717, 1.165) is 0 Å². The van der Waals surface area contributed by atoms with Gasteiger partial charge in [-0.3, -0.25) is 14.4 Å². The van der Waals surface area contributed by atoms with E-state index in [4.69, 9.17) is 37.4 Å². The van der Waals surface area contributed by atoms with Crippen LogP contribution in [0.3, 0.4) is 0 Å². The van der Waals surface area contributed by atoms with E-state index in [0.29, 0.717) is 45.4 Å². The zero-order chi connectivity index (χ0) is 29.0. The van der Waals surface area contributed by atoms with Gasteiger partial charge in [0.15, 0.2) is 11.5 Å². The van der Waals surface area contributed by atoms with Crippen molar-refractivity contribution in [3.8, 4) is 11.5 Å². The molecule has 0 bridgehead atoms. The van der Waals surface area contributed by atoms with Gasteiger partial charge in [0.1, 0.15) is 25.1 Å². The van der Waals surface area contributed by atoms with Crippen molar-refractivity contribution in [3.05, 3.63) is 68.7 Å². The molecule has 4 rings (SSSR count). The van der Waals surface area contributed by atoms with E-state index in [1.54, 1.807) is 31.2 Å². The number of amides is 2. The largest absolute Gasteiger partial charge is 0.493 e. The van der Waals surface area contributed by atoms with Gasteiger partial charge in [0.05, 0.1) is 35.7 Å². The topological polar surface area (TPSA) is 135 Å². The monoisotopic (exact) mass is 592 g/mol. The van der Waals surface area contributed by atoms with Gasteiger partial charge in [-0.05, 0) is 42.8 Å². The van der Waals surface area contributed by atoms with E-state index in [2.05, 4.69) is 5.32 Å². The number of halogens is 2. The van der Waals surface area contributed by atoms with Gasteiger partial charge in [0.2, 0.25) is 11.8 Å². The summed E-state index contributed by atoms with van der Waals surface area (Å²) in [4.78, 5) is 39.8. The lowest BCUT2D eigenvalue weighted by Crippen LogP contribution is -2.56. The maximum Gasteiger partial charge on any atom is 0.249 e. The molecule has 0 radical (unpaired) electrons. The first-order valence-corrected chi connectivity index (χ1v) is 13.4. The summed E-state index contributed by atoms with van der Waals surface area (Å²) in [6.45, 7) is 1.52. The minimum Gasteiger partial charge on any atom is -0.493 e. The number of aldehydes is 1. The Morgan fingerprint density at radius 2 is 1.98 bits per heavy atom. The molecule has 40 heavy (non-hydrogen) atoms. The van der Waals surface area contributed by atoms with Crippen LogP contribution in [-0.4, -0.2) is 84.9 Å². The third-order valence-electron chi connectivity index (χ3n) is 6.86. The first-order chi connectivity index (χ1) is 19.2. The quantitative estimate of drug-likeness (QED) is 0.339. The molecule has 1 heterocycles. The minimum atomic E-state index is -1.29.